The van der Waals surface area contributed by atoms with Gasteiger partial charge in [0.2, 0.25) is 0 Å². The van der Waals surface area contributed by atoms with E-state index in [0.29, 0.717) is 6.42 Å². The molecule has 3 nitrogen and oxygen atoms in total. The van der Waals surface area contributed by atoms with Crippen LogP contribution in [0.4, 0.5) is 0 Å². The maximum absolute atomic E-state index is 11.2. The Bertz CT molecular complexity index is 364. The van der Waals surface area contributed by atoms with Crippen LogP contribution >= 0.6 is 0 Å². The van der Waals surface area contributed by atoms with Crippen molar-refractivity contribution in [1.29, 1.82) is 0 Å². The summed E-state index contributed by atoms with van der Waals surface area (Å²) in [6.45, 7) is 4.03. The molecule has 2 unspecified atom stereocenters. The van der Waals surface area contributed by atoms with Gasteiger partial charge in [-0.25, -0.2) is 0 Å². The quantitative estimate of drug-likeness (QED) is 0.807. The molecule has 0 saturated carbocycles. The summed E-state index contributed by atoms with van der Waals surface area (Å²) >= 11 is 0. The first-order chi connectivity index (χ1) is 8.60. The molecule has 0 fully saturated rings. The van der Waals surface area contributed by atoms with Gasteiger partial charge >= 0.3 is 5.97 Å². The molecule has 1 aromatic rings. The van der Waals surface area contributed by atoms with Crippen molar-refractivity contribution in [2.24, 2.45) is 0 Å². The van der Waals surface area contributed by atoms with Crippen LogP contribution in [-0.2, 0) is 11.2 Å². The molecule has 2 atom stereocenters. The minimum absolute atomic E-state index is 0.272. The minimum atomic E-state index is -0.730. The van der Waals surface area contributed by atoms with Crippen LogP contribution in [0.3, 0.4) is 0 Å². The maximum atomic E-state index is 11.2. The lowest BCUT2D eigenvalue weighted by Gasteiger charge is -2.31. The van der Waals surface area contributed by atoms with E-state index in [-0.39, 0.29) is 6.04 Å². The van der Waals surface area contributed by atoms with Crippen molar-refractivity contribution in [2.45, 2.75) is 45.2 Å². The highest BCUT2D eigenvalue weighted by molar-refractivity contribution is 5.73. The van der Waals surface area contributed by atoms with Crippen LogP contribution in [0.15, 0.2) is 30.3 Å². The van der Waals surface area contributed by atoms with E-state index in [1.165, 1.54) is 5.56 Å². The Hall–Kier alpha value is -1.35. The highest BCUT2D eigenvalue weighted by atomic mass is 16.4. The van der Waals surface area contributed by atoms with Gasteiger partial charge in [-0.1, -0.05) is 44.2 Å². The van der Waals surface area contributed by atoms with Crippen LogP contribution in [0.25, 0.3) is 0 Å². The Kier molecular flexibility index (Phi) is 5.86. The highest BCUT2D eigenvalue weighted by Crippen LogP contribution is 2.15. The number of carboxylic acids is 1. The zero-order valence-corrected chi connectivity index (χ0v) is 11.5. The van der Waals surface area contributed by atoms with Gasteiger partial charge in [-0.2, -0.15) is 0 Å². The summed E-state index contributed by atoms with van der Waals surface area (Å²) in [4.78, 5) is 13.2. The molecule has 0 radical (unpaired) electrons. The van der Waals surface area contributed by atoms with Crippen LogP contribution in [0.5, 0.6) is 0 Å². The summed E-state index contributed by atoms with van der Waals surface area (Å²) in [7, 11) is 1.92. The van der Waals surface area contributed by atoms with Gasteiger partial charge in [0.15, 0.2) is 0 Å². The first-order valence-corrected chi connectivity index (χ1v) is 6.58. The lowest BCUT2D eigenvalue weighted by Crippen LogP contribution is -2.45. The van der Waals surface area contributed by atoms with Gasteiger partial charge in [-0.3, -0.25) is 9.69 Å². The topological polar surface area (TPSA) is 40.5 Å². The van der Waals surface area contributed by atoms with E-state index in [2.05, 4.69) is 19.1 Å². The van der Waals surface area contributed by atoms with Crippen molar-refractivity contribution >= 4 is 5.97 Å². The van der Waals surface area contributed by atoms with Crippen LogP contribution < -0.4 is 0 Å². The SMILES string of the molecule is CCC(Cc1ccccc1)N(C)C(CC)C(=O)O. The Morgan fingerprint density at radius 2 is 1.83 bits per heavy atom. The van der Waals surface area contributed by atoms with E-state index in [9.17, 15) is 9.90 Å². The predicted octanol–water partition coefficient (Wildman–Crippen LogP) is 2.80. The van der Waals surface area contributed by atoms with Crippen molar-refractivity contribution < 1.29 is 9.90 Å². The molecular formula is C15H23NO2. The minimum Gasteiger partial charge on any atom is -0.480 e. The van der Waals surface area contributed by atoms with Gasteiger partial charge in [0.25, 0.3) is 0 Å². The molecule has 0 bridgehead atoms. The smallest absolute Gasteiger partial charge is 0.320 e. The van der Waals surface area contributed by atoms with Crippen LogP contribution in [-0.4, -0.2) is 35.1 Å². The summed E-state index contributed by atoms with van der Waals surface area (Å²) in [5, 5.41) is 9.21. The van der Waals surface area contributed by atoms with E-state index >= 15 is 0 Å². The third-order valence-corrected chi connectivity index (χ3v) is 3.52. The maximum Gasteiger partial charge on any atom is 0.320 e. The number of aliphatic carboxylic acids is 1. The molecule has 0 heterocycles. The second-order valence-corrected chi connectivity index (χ2v) is 4.68. The number of benzene rings is 1. The summed E-state index contributed by atoms with van der Waals surface area (Å²) in [6.07, 6.45) is 2.49. The van der Waals surface area contributed by atoms with Crippen molar-refractivity contribution in [3.63, 3.8) is 0 Å². The third-order valence-electron chi connectivity index (χ3n) is 3.52. The predicted molar refractivity (Wildman–Crippen MR) is 73.7 cm³/mol. The van der Waals surface area contributed by atoms with E-state index in [0.717, 1.165) is 12.8 Å². The summed E-state index contributed by atoms with van der Waals surface area (Å²) in [5.74, 6) is -0.730. The zero-order chi connectivity index (χ0) is 13.5. The lowest BCUT2D eigenvalue weighted by atomic mass is 10.0. The second kappa shape index (κ2) is 7.17. The number of nitrogens with zero attached hydrogens (tertiary/aromatic N) is 1. The normalized spacial score (nSPS) is 14.4. The fourth-order valence-electron chi connectivity index (χ4n) is 2.35. The van der Waals surface area contributed by atoms with Crippen molar-refractivity contribution in [3.8, 4) is 0 Å². The molecule has 0 aliphatic carbocycles. The zero-order valence-electron chi connectivity index (χ0n) is 11.5. The Morgan fingerprint density at radius 3 is 2.28 bits per heavy atom. The lowest BCUT2D eigenvalue weighted by molar-refractivity contribution is -0.143. The van der Waals surface area contributed by atoms with Gasteiger partial charge < -0.3 is 5.11 Å². The number of likely N-dealkylation sites (N-methyl/N-ethyl adjacent to an activating group) is 1. The van der Waals surface area contributed by atoms with Crippen LogP contribution in [0, 0.1) is 0 Å². The monoisotopic (exact) mass is 249 g/mol. The second-order valence-electron chi connectivity index (χ2n) is 4.68. The Morgan fingerprint density at radius 1 is 1.22 bits per heavy atom. The molecule has 3 heteroatoms. The molecule has 0 aromatic heterocycles. The standard InChI is InChI=1S/C15H23NO2/c1-4-13(11-12-9-7-6-8-10-12)16(3)14(5-2)15(17)18/h6-10,13-14H,4-5,11H2,1-3H3,(H,17,18). The largest absolute Gasteiger partial charge is 0.480 e. The van der Waals surface area contributed by atoms with E-state index in [1.54, 1.807) is 0 Å². The molecule has 0 saturated heterocycles. The van der Waals surface area contributed by atoms with E-state index in [4.69, 9.17) is 0 Å². The number of hydrogen-bond acceptors (Lipinski definition) is 2. The molecule has 18 heavy (non-hydrogen) atoms. The van der Waals surface area contributed by atoms with Gasteiger partial charge in [-0.15, -0.1) is 0 Å². The van der Waals surface area contributed by atoms with Gasteiger partial charge in [0.1, 0.15) is 6.04 Å². The molecule has 100 valence electrons. The summed E-state index contributed by atoms with van der Waals surface area (Å²) < 4.78 is 0. The van der Waals surface area contributed by atoms with E-state index in [1.807, 2.05) is 37.1 Å². The molecule has 1 N–H and O–H groups in total. The van der Waals surface area contributed by atoms with Gasteiger partial charge in [-0.05, 0) is 31.9 Å². The first kappa shape index (κ1) is 14.7. The third kappa shape index (κ3) is 3.84. The van der Waals surface area contributed by atoms with Crippen LogP contribution in [0.2, 0.25) is 0 Å². The van der Waals surface area contributed by atoms with Crippen molar-refractivity contribution in [3.05, 3.63) is 35.9 Å². The number of rotatable bonds is 7. The van der Waals surface area contributed by atoms with E-state index < -0.39 is 12.0 Å². The number of hydrogen-bond donors (Lipinski definition) is 1. The molecule has 0 spiro atoms. The Balaban J connectivity index is 2.73. The molecule has 0 amide bonds. The van der Waals surface area contributed by atoms with Gasteiger partial charge in [0.05, 0.1) is 0 Å². The first-order valence-electron chi connectivity index (χ1n) is 6.58. The molecular weight excluding hydrogens is 226 g/mol. The van der Waals surface area contributed by atoms with Crippen LogP contribution in [0.1, 0.15) is 32.3 Å². The molecule has 0 aliphatic rings. The average molecular weight is 249 g/mol. The highest BCUT2D eigenvalue weighted by Gasteiger charge is 2.25. The fourth-order valence-corrected chi connectivity index (χ4v) is 2.35. The number of carboxylic acid groups (broad SMARTS) is 1. The number of carbonyl (C=O) groups is 1. The average Bonchev–Trinajstić information content (AvgIpc) is 2.37. The fraction of sp³-hybridized carbons (Fsp3) is 0.533. The Labute approximate surface area is 109 Å². The molecule has 1 rings (SSSR count). The van der Waals surface area contributed by atoms with Crippen molar-refractivity contribution in [2.75, 3.05) is 7.05 Å². The molecule has 0 aliphatic heterocycles. The van der Waals surface area contributed by atoms with Crippen molar-refractivity contribution in [1.82, 2.24) is 4.90 Å². The molecule has 1 aromatic carbocycles. The van der Waals surface area contributed by atoms with Gasteiger partial charge in [0, 0.05) is 6.04 Å². The summed E-state index contributed by atoms with van der Waals surface area (Å²) in [5.41, 5.74) is 1.26. The summed E-state index contributed by atoms with van der Waals surface area (Å²) in [6, 6.07) is 10.1.